The molecular weight excluding hydrogens is 222 g/mol. The predicted octanol–water partition coefficient (Wildman–Crippen LogP) is 4.03. The first kappa shape index (κ1) is 11.3. The van der Waals surface area contributed by atoms with Crippen LogP contribution in [0.3, 0.4) is 0 Å². The lowest BCUT2D eigenvalue weighted by Gasteiger charge is -1.97. The summed E-state index contributed by atoms with van der Waals surface area (Å²) in [4.78, 5) is 4.21. The molecule has 0 fully saturated rings. The molecule has 4 heteroatoms. The van der Waals surface area contributed by atoms with Crippen LogP contribution in [-0.4, -0.2) is 16.6 Å². The number of rotatable bonds is 7. The van der Waals surface area contributed by atoms with E-state index in [0.717, 1.165) is 12.3 Å². The van der Waals surface area contributed by atoms with Crippen LogP contribution in [0.15, 0.2) is 15.9 Å². The summed E-state index contributed by atoms with van der Waals surface area (Å²) < 4.78 is 1.19. The highest BCUT2D eigenvalue weighted by molar-refractivity contribution is 8.00. The maximum Gasteiger partial charge on any atom is 0.149 e. The number of hydrogen-bond acceptors (Lipinski definition) is 3. The van der Waals surface area contributed by atoms with E-state index in [-0.39, 0.29) is 0 Å². The molecule has 0 amide bonds. The summed E-state index contributed by atoms with van der Waals surface area (Å²) in [5.41, 5.74) is 0. The Bertz CT molecular complexity index is 201. The molecule has 0 aliphatic heterocycles. The minimum atomic E-state index is 0.805. The largest absolute Gasteiger partial charge is 0.238 e. The zero-order chi connectivity index (χ0) is 9.36. The molecule has 1 heterocycles. The van der Waals surface area contributed by atoms with Gasteiger partial charge in [-0.1, -0.05) is 24.6 Å². The SMILES string of the molecule is ClCCCCCCSc1nccs1. The lowest BCUT2D eigenvalue weighted by Crippen LogP contribution is -1.82. The Labute approximate surface area is 92.9 Å². The van der Waals surface area contributed by atoms with E-state index in [1.807, 2.05) is 23.3 Å². The highest BCUT2D eigenvalue weighted by atomic mass is 35.5. The second-order valence-electron chi connectivity index (χ2n) is 2.75. The summed E-state index contributed by atoms with van der Waals surface area (Å²) in [5, 5.41) is 2.02. The van der Waals surface area contributed by atoms with E-state index >= 15 is 0 Å². The number of alkyl halides is 1. The first-order chi connectivity index (χ1) is 6.43. The molecule has 0 radical (unpaired) electrons. The molecule has 74 valence electrons. The van der Waals surface area contributed by atoms with Gasteiger partial charge in [-0.15, -0.1) is 22.9 Å². The van der Waals surface area contributed by atoms with Crippen LogP contribution in [0.1, 0.15) is 25.7 Å². The van der Waals surface area contributed by atoms with Crippen LogP contribution in [0.25, 0.3) is 0 Å². The van der Waals surface area contributed by atoms with Crippen molar-refractivity contribution >= 4 is 34.7 Å². The Morgan fingerprint density at radius 1 is 1.31 bits per heavy atom. The fourth-order valence-electron chi connectivity index (χ4n) is 0.991. The Hall–Kier alpha value is 0.270. The van der Waals surface area contributed by atoms with Gasteiger partial charge in [0.05, 0.1) is 0 Å². The predicted molar refractivity (Wildman–Crippen MR) is 62.0 cm³/mol. The summed E-state index contributed by atoms with van der Waals surface area (Å²) in [5.74, 6) is 2.00. The van der Waals surface area contributed by atoms with Crippen molar-refractivity contribution in [1.82, 2.24) is 4.98 Å². The van der Waals surface area contributed by atoms with E-state index in [9.17, 15) is 0 Å². The Morgan fingerprint density at radius 3 is 2.85 bits per heavy atom. The molecular formula is C9H14ClNS2. The van der Waals surface area contributed by atoms with Gasteiger partial charge in [-0.25, -0.2) is 4.98 Å². The molecule has 0 saturated heterocycles. The van der Waals surface area contributed by atoms with Gasteiger partial charge in [0.1, 0.15) is 4.34 Å². The van der Waals surface area contributed by atoms with Crippen molar-refractivity contribution in [3.8, 4) is 0 Å². The summed E-state index contributed by atoms with van der Waals surface area (Å²) in [6.07, 6.45) is 6.86. The van der Waals surface area contributed by atoms with E-state index in [2.05, 4.69) is 4.98 Å². The van der Waals surface area contributed by atoms with Gasteiger partial charge in [0, 0.05) is 23.2 Å². The number of thioether (sulfide) groups is 1. The van der Waals surface area contributed by atoms with Crippen molar-refractivity contribution in [2.24, 2.45) is 0 Å². The molecule has 0 bridgehead atoms. The average molecular weight is 236 g/mol. The monoisotopic (exact) mass is 235 g/mol. The van der Waals surface area contributed by atoms with Crippen molar-refractivity contribution in [1.29, 1.82) is 0 Å². The topological polar surface area (TPSA) is 12.9 Å². The number of aromatic nitrogens is 1. The Morgan fingerprint density at radius 2 is 2.15 bits per heavy atom. The zero-order valence-corrected chi connectivity index (χ0v) is 9.93. The van der Waals surface area contributed by atoms with Crippen molar-refractivity contribution in [2.75, 3.05) is 11.6 Å². The van der Waals surface area contributed by atoms with Crippen molar-refractivity contribution in [2.45, 2.75) is 30.0 Å². The van der Waals surface area contributed by atoms with Crippen molar-refractivity contribution < 1.29 is 0 Å². The molecule has 0 saturated carbocycles. The number of unbranched alkanes of at least 4 members (excludes halogenated alkanes) is 3. The lowest BCUT2D eigenvalue weighted by atomic mass is 10.2. The van der Waals surface area contributed by atoms with Gasteiger partial charge < -0.3 is 0 Å². The summed E-state index contributed by atoms with van der Waals surface area (Å²) >= 11 is 9.16. The molecule has 0 aliphatic carbocycles. The van der Waals surface area contributed by atoms with Crippen molar-refractivity contribution in [3.05, 3.63) is 11.6 Å². The zero-order valence-electron chi connectivity index (χ0n) is 7.54. The summed E-state index contributed by atoms with van der Waals surface area (Å²) in [6, 6.07) is 0. The molecule has 0 N–H and O–H groups in total. The van der Waals surface area contributed by atoms with E-state index in [1.165, 1.54) is 29.4 Å². The molecule has 1 aromatic rings. The third kappa shape index (κ3) is 5.55. The summed E-state index contributed by atoms with van der Waals surface area (Å²) in [7, 11) is 0. The van der Waals surface area contributed by atoms with E-state index in [0.29, 0.717) is 0 Å². The molecule has 0 aromatic carbocycles. The number of nitrogens with zero attached hydrogens (tertiary/aromatic N) is 1. The molecule has 0 aliphatic rings. The fraction of sp³-hybridized carbons (Fsp3) is 0.667. The summed E-state index contributed by atoms with van der Waals surface area (Å²) in [6.45, 7) is 0. The number of hydrogen-bond donors (Lipinski definition) is 0. The highest BCUT2D eigenvalue weighted by Gasteiger charge is 1.95. The van der Waals surface area contributed by atoms with E-state index in [1.54, 1.807) is 11.3 Å². The normalized spacial score (nSPS) is 10.5. The number of thiazole rings is 1. The van der Waals surface area contributed by atoms with Gasteiger partial charge in [-0.05, 0) is 12.8 Å². The standard InChI is InChI=1S/C9H14ClNS2/c10-5-3-1-2-4-7-12-9-11-6-8-13-9/h6,8H,1-5,7H2. The van der Waals surface area contributed by atoms with Crippen LogP contribution in [0, 0.1) is 0 Å². The van der Waals surface area contributed by atoms with Gasteiger partial charge in [0.25, 0.3) is 0 Å². The minimum Gasteiger partial charge on any atom is -0.238 e. The Balaban J connectivity index is 1.90. The molecule has 1 aromatic heterocycles. The Kier molecular flexibility index (Phi) is 6.68. The molecule has 1 rings (SSSR count). The third-order valence-electron chi connectivity index (χ3n) is 1.66. The van der Waals surface area contributed by atoms with Crippen LogP contribution >= 0.6 is 34.7 Å². The van der Waals surface area contributed by atoms with Gasteiger partial charge >= 0.3 is 0 Å². The maximum atomic E-state index is 5.58. The van der Waals surface area contributed by atoms with Crippen molar-refractivity contribution in [3.63, 3.8) is 0 Å². The molecule has 0 unspecified atom stereocenters. The smallest absolute Gasteiger partial charge is 0.149 e. The highest BCUT2D eigenvalue weighted by Crippen LogP contribution is 2.21. The van der Waals surface area contributed by atoms with E-state index in [4.69, 9.17) is 11.6 Å². The molecule has 0 spiro atoms. The fourth-order valence-corrected chi connectivity index (χ4v) is 2.89. The molecule has 13 heavy (non-hydrogen) atoms. The third-order valence-corrected chi connectivity index (χ3v) is 3.98. The van der Waals surface area contributed by atoms with Crippen LogP contribution in [0.5, 0.6) is 0 Å². The minimum absolute atomic E-state index is 0.805. The van der Waals surface area contributed by atoms with Crippen LogP contribution < -0.4 is 0 Å². The second kappa shape index (κ2) is 7.65. The van der Waals surface area contributed by atoms with Gasteiger partial charge in [0.2, 0.25) is 0 Å². The molecule has 1 nitrogen and oxygen atoms in total. The first-order valence-electron chi connectivity index (χ1n) is 4.52. The van der Waals surface area contributed by atoms with E-state index < -0.39 is 0 Å². The number of halogens is 1. The maximum absolute atomic E-state index is 5.58. The average Bonchev–Trinajstić information content (AvgIpc) is 2.63. The lowest BCUT2D eigenvalue weighted by molar-refractivity contribution is 0.709. The quantitative estimate of drug-likeness (QED) is 0.402. The van der Waals surface area contributed by atoms with Gasteiger partial charge in [0.15, 0.2) is 0 Å². The van der Waals surface area contributed by atoms with Gasteiger partial charge in [-0.2, -0.15) is 0 Å². The second-order valence-corrected chi connectivity index (χ2v) is 5.36. The molecule has 0 atom stereocenters. The van der Waals surface area contributed by atoms with Gasteiger partial charge in [-0.3, -0.25) is 0 Å². The van der Waals surface area contributed by atoms with Crippen LogP contribution in [-0.2, 0) is 0 Å². The van der Waals surface area contributed by atoms with Crippen LogP contribution in [0.4, 0.5) is 0 Å². The first-order valence-corrected chi connectivity index (χ1v) is 6.91. The van der Waals surface area contributed by atoms with Crippen LogP contribution in [0.2, 0.25) is 0 Å².